The molecule has 1 saturated heterocycles. The van der Waals surface area contributed by atoms with Gasteiger partial charge in [0.05, 0.1) is 13.0 Å². The fraction of sp³-hybridized carbons (Fsp3) is 0.700. The van der Waals surface area contributed by atoms with Crippen LogP contribution in [0.25, 0.3) is 0 Å². The molecule has 0 saturated carbocycles. The molecule has 0 unspecified atom stereocenters. The number of aromatic amines is 1. The molecule has 0 aromatic carbocycles. The first-order chi connectivity index (χ1) is 9.42. The molecule has 0 bridgehead atoms. The third-order valence-electron chi connectivity index (χ3n) is 3.15. The van der Waals surface area contributed by atoms with Gasteiger partial charge < -0.3 is 4.74 Å². The van der Waals surface area contributed by atoms with Crippen LogP contribution in [-0.2, 0) is 19.7 Å². The van der Waals surface area contributed by atoms with Gasteiger partial charge in [-0.1, -0.05) is 0 Å². The Morgan fingerprint density at radius 3 is 2.60 bits per heavy atom. The quantitative estimate of drug-likeness (QED) is 0.734. The molecular weight excluding hydrogens is 286 g/mol. The van der Waals surface area contributed by atoms with Crippen molar-refractivity contribution in [1.82, 2.24) is 19.5 Å². The number of carbonyl (C=O) groups is 1. The Morgan fingerprint density at radius 2 is 2.10 bits per heavy atom. The van der Waals surface area contributed by atoms with Crippen molar-refractivity contribution in [2.24, 2.45) is 5.92 Å². The number of ether oxygens (including phenoxy) is 1. The van der Waals surface area contributed by atoms with Gasteiger partial charge in [-0.05, 0) is 19.8 Å². The zero-order chi connectivity index (χ0) is 14.8. The highest BCUT2D eigenvalue weighted by molar-refractivity contribution is 7.90. The maximum atomic E-state index is 12.1. The lowest BCUT2D eigenvalue weighted by atomic mass is 9.99. The molecule has 0 aliphatic carbocycles. The van der Waals surface area contributed by atoms with Crippen LogP contribution in [0, 0.1) is 12.8 Å². The Balaban J connectivity index is 1.97. The highest BCUT2D eigenvalue weighted by Gasteiger charge is 2.32. The summed E-state index contributed by atoms with van der Waals surface area (Å²) in [4.78, 5) is 15.3. The lowest BCUT2D eigenvalue weighted by molar-refractivity contribution is -0.146. The average molecular weight is 303 g/mol. The summed E-state index contributed by atoms with van der Waals surface area (Å²) in [5.41, 5.74) is 0. The second kappa shape index (κ2) is 5.75. The Bertz CT molecular complexity index is 576. The van der Waals surface area contributed by atoms with Crippen molar-refractivity contribution < 1.29 is 17.9 Å². The number of hydrogen-bond acceptors (Lipinski definition) is 6. The van der Waals surface area contributed by atoms with Crippen LogP contribution in [-0.4, -0.2) is 54.1 Å². The molecule has 10 heteroatoms. The molecule has 0 spiro atoms. The number of aryl methyl sites for hydroxylation is 1. The van der Waals surface area contributed by atoms with Crippen molar-refractivity contribution in [3.05, 3.63) is 5.82 Å². The van der Waals surface area contributed by atoms with Crippen molar-refractivity contribution in [2.45, 2.75) is 19.8 Å². The van der Waals surface area contributed by atoms with Gasteiger partial charge in [-0.25, -0.2) is 4.72 Å². The molecule has 1 aliphatic rings. The number of nitrogens with one attached hydrogen (secondary N) is 2. The van der Waals surface area contributed by atoms with E-state index < -0.39 is 10.2 Å². The highest BCUT2D eigenvalue weighted by atomic mass is 32.2. The van der Waals surface area contributed by atoms with Gasteiger partial charge in [-0.2, -0.15) is 17.7 Å². The minimum absolute atomic E-state index is 0.0117. The molecule has 2 rings (SSSR count). The summed E-state index contributed by atoms with van der Waals surface area (Å²) < 4.78 is 32.5. The maximum absolute atomic E-state index is 12.1. The van der Waals surface area contributed by atoms with Crippen LogP contribution in [0.5, 0.6) is 0 Å². The van der Waals surface area contributed by atoms with E-state index in [-0.39, 0.29) is 30.9 Å². The first kappa shape index (κ1) is 14.7. The van der Waals surface area contributed by atoms with E-state index in [9.17, 15) is 13.2 Å². The van der Waals surface area contributed by atoms with Gasteiger partial charge in [-0.15, -0.1) is 5.10 Å². The van der Waals surface area contributed by atoms with Crippen molar-refractivity contribution in [3.8, 4) is 0 Å². The lowest BCUT2D eigenvalue weighted by Crippen LogP contribution is -2.43. The molecule has 1 fully saturated rings. The van der Waals surface area contributed by atoms with Gasteiger partial charge >= 0.3 is 16.2 Å². The number of piperidine rings is 1. The monoisotopic (exact) mass is 303 g/mol. The summed E-state index contributed by atoms with van der Waals surface area (Å²) in [5, 5.41) is 6.28. The third kappa shape index (κ3) is 3.25. The van der Waals surface area contributed by atoms with Gasteiger partial charge in [0.1, 0.15) is 5.82 Å². The average Bonchev–Trinajstić information content (AvgIpc) is 2.82. The fourth-order valence-corrected chi connectivity index (χ4v) is 3.21. The SMILES string of the molecule is COC(=O)C1CCN(S(=O)(=O)Nc2n[nH]c(C)n2)CC1. The summed E-state index contributed by atoms with van der Waals surface area (Å²) in [6.45, 7) is 2.20. The second-order valence-corrected chi connectivity index (χ2v) is 6.22. The number of nitrogens with zero attached hydrogens (tertiary/aromatic N) is 3. The molecule has 9 nitrogen and oxygen atoms in total. The van der Waals surface area contributed by atoms with Crippen LogP contribution in [0.3, 0.4) is 0 Å². The molecule has 112 valence electrons. The Kier molecular flexibility index (Phi) is 4.23. The summed E-state index contributed by atoms with van der Waals surface area (Å²) in [5.74, 6) is 0.00138. The predicted octanol–water partition coefficient (Wildman–Crippen LogP) is -0.345. The van der Waals surface area contributed by atoms with Crippen LogP contribution in [0.4, 0.5) is 5.95 Å². The minimum atomic E-state index is -3.69. The van der Waals surface area contributed by atoms with Crippen molar-refractivity contribution in [1.29, 1.82) is 0 Å². The molecule has 1 aliphatic heterocycles. The Labute approximate surface area is 116 Å². The van der Waals surface area contributed by atoms with E-state index >= 15 is 0 Å². The predicted molar refractivity (Wildman–Crippen MR) is 70.0 cm³/mol. The normalized spacial score (nSPS) is 17.9. The number of aromatic nitrogens is 3. The van der Waals surface area contributed by atoms with Crippen LogP contribution < -0.4 is 4.72 Å². The fourth-order valence-electron chi connectivity index (χ4n) is 2.07. The molecular formula is C10H17N5O4S. The number of H-pyrrole nitrogens is 1. The number of carbonyl (C=O) groups excluding carboxylic acids is 1. The standard InChI is InChI=1S/C10H17N5O4S/c1-7-11-10(13-12-7)14-20(17,18)15-5-3-8(4-6-15)9(16)19-2/h8H,3-6H2,1-2H3,(H2,11,12,13,14). The van der Waals surface area contributed by atoms with Crippen LogP contribution in [0.15, 0.2) is 0 Å². The first-order valence-electron chi connectivity index (χ1n) is 6.17. The third-order valence-corrected chi connectivity index (χ3v) is 4.63. The Hall–Kier alpha value is -1.68. The molecule has 20 heavy (non-hydrogen) atoms. The number of methoxy groups -OCH3 is 1. The zero-order valence-corrected chi connectivity index (χ0v) is 12.1. The molecule has 2 N–H and O–H groups in total. The topological polar surface area (TPSA) is 117 Å². The highest BCUT2D eigenvalue weighted by Crippen LogP contribution is 2.21. The maximum Gasteiger partial charge on any atom is 0.308 e. The number of anilines is 1. The van der Waals surface area contributed by atoms with Gasteiger partial charge in [0, 0.05) is 13.1 Å². The molecule has 1 aromatic rings. The van der Waals surface area contributed by atoms with Crippen LogP contribution in [0.1, 0.15) is 18.7 Å². The summed E-state index contributed by atoms with van der Waals surface area (Å²) >= 11 is 0. The summed E-state index contributed by atoms with van der Waals surface area (Å²) in [7, 11) is -2.36. The van der Waals surface area contributed by atoms with Gasteiger partial charge in [0.2, 0.25) is 0 Å². The largest absolute Gasteiger partial charge is 0.469 e. The van der Waals surface area contributed by atoms with Crippen molar-refractivity contribution in [2.75, 3.05) is 24.9 Å². The van der Waals surface area contributed by atoms with E-state index in [2.05, 4.69) is 24.6 Å². The lowest BCUT2D eigenvalue weighted by Gasteiger charge is -2.29. The van der Waals surface area contributed by atoms with Gasteiger partial charge in [0.15, 0.2) is 0 Å². The second-order valence-electron chi connectivity index (χ2n) is 4.55. The van der Waals surface area contributed by atoms with E-state index in [0.717, 1.165) is 0 Å². The number of esters is 1. The molecule has 1 aromatic heterocycles. The van der Waals surface area contributed by atoms with E-state index in [1.54, 1.807) is 6.92 Å². The molecule has 2 heterocycles. The van der Waals surface area contributed by atoms with E-state index in [1.165, 1.54) is 11.4 Å². The minimum Gasteiger partial charge on any atom is -0.469 e. The molecule has 0 radical (unpaired) electrons. The van der Waals surface area contributed by atoms with Gasteiger partial charge in [0.25, 0.3) is 5.95 Å². The summed E-state index contributed by atoms with van der Waals surface area (Å²) in [6.07, 6.45) is 0.890. The molecule has 0 atom stereocenters. The first-order valence-corrected chi connectivity index (χ1v) is 7.61. The van der Waals surface area contributed by atoms with E-state index in [4.69, 9.17) is 0 Å². The van der Waals surface area contributed by atoms with E-state index in [1.807, 2.05) is 0 Å². The van der Waals surface area contributed by atoms with Crippen LogP contribution >= 0.6 is 0 Å². The number of rotatable bonds is 4. The summed E-state index contributed by atoms with van der Waals surface area (Å²) in [6, 6.07) is 0. The smallest absolute Gasteiger partial charge is 0.308 e. The zero-order valence-electron chi connectivity index (χ0n) is 11.3. The van der Waals surface area contributed by atoms with Crippen molar-refractivity contribution >= 4 is 22.1 Å². The van der Waals surface area contributed by atoms with E-state index in [0.29, 0.717) is 18.7 Å². The van der Waals surface area contributed by atoms with Crippen molar-refractivity contribution in [3.63, 3.8) is 0 Å². The number of hydrogen-bond donors (Lipinski definition) is 2. The Morgan fingerprint density at radius 1 is 1.45 bits per heavy atom. The molecule has 0 amide bonds. The van der Waals surface area contributed by atoms with Crippen LogP contribution in [0.2, 0.25) is 0 Å². The van der Waals surface area contributed by atoms with Gasteiger partial charge in [-0.3, -0.25) is 9.89 Å².